The molecule has 1 aromatic heterocycles. The second-order valence-electron chi connectivity index (χ2n) is 9.68. The Morgan fingerprint density at radius 1 is 0.912 bits per heavy atom. The predicted octanol–water partition coefficient (Wildman–Crippen LogP) is 8.13. The van der Waals surface area contributed by atoms with Gasteiger partial charge in [0.2, 0.25) is 5.91 Å². The van der Waals surface area contributed by atoms with E-state index in [1.807, 2.05) is 35.2 Å². The second-order valence-corrected chi connectivity index (χ2v) is 10.1. The summed E-state index contributed by atoms with van der Waals surface area (Å²) >= 11 is 6.18. The number of amides is 1. The molecule has 4 nitrogen and oxygen atoms in total. The van der Waals surface area contributed by atoms with Crippen LogP contribution in [0.3, 0.4) is 0 Å². The molecule has 4 rings (SSSR count). The maximum Gasteiger partial charge on any atom is 0.227 e. The van der Waals surface area contributed by atoms with Crippen LogP contribution in [-0.2, 0) is 11.3 Å². The highest BCUT2D eigenvalue weighted by molar-refractivity contribution is 6.30. The molecule has 2 aromatic carbocycles. The van der Waals surface area contributed by atoms with Crippen molar-refractivity contribution in [2.24, 2.45) is 0 Å². The Labute approximate surface area is 209 Å². The highest BCUT2D eigenvalue weighted by atomic mass is 35.5. The quantitative estimate of drug-likeness (QED) is 0.232. The van der Waals surface area contributed by atoms with Crippen LogP contribution in [0.4, 0.5) is 5.69 Å². The van der Waals surface area contributed by atoms with Crippen LogP contribution in [0, 0.1) is 0 Å². The first-order chi connectivity index (χ1) is 16.7. The van der Waals surface area contributed by atoms with Gasteiger partial charge in [-0.3, -0.25) is 4.79 Å². The number of unbranched alkanes of at least 4 members (excludes halogenated alkanes) is 9. The van der Waals surface area contributed by atoms with Crippen LogP contribution < -0.4 is 4.90 Å². The third kappa shape index (κ3) is 6.21. The van der Waals surface area contributed by atoms with Crippen LogP contribution in [-0.4, -0.2) is 22.0 Å². The van der Waals surface area contributed by atoms with Gasteiger partial charge in [-0.2, -0.15) is 0 Å². The van der Waals surface area contributed by atoms with Crippen molar-refractivity contribution in [3.8, 4) is 0 Å². The summed E-state index contributed by atoms with van der Waals surface area (Å²) in [6.45, 7) is 3.89. The van der Waals surface area contributed by atoms with Crippen LogP contribution >= 0.6 is 11.6 Å². The van der Waals surface area contributed by atoms with E-state index in [4.69, 9.17) is 16.6 Å². The monoisotopic (exact) mass is 479 g/mol. The number of aromatic nitrogens is 2. The molecule has 1 saturated heterocycles. The lowest BCUT2D eigenvalue weighted by Gasteiger charge is -2.17. The van der Waals surface area contributed by atoms with E-state index in [9.17, 15) is 4.79 Å². The third-order valence-electron chi connectivity index (χ3n) is 7.03. The van der Waals surface area contributed by atoms with Crippen molar-refractivity contribution in [2.45, 2.75) is 90.0 Å². The van der Waals surface area contributed by atoms with Crippen molar-refractivity contribution in [1.82, 2.24) is 9.55 Å². The lowest BCUT2D eigenvalue weighted by molar-refractivity contribution is -0.117. The van der Waals surface area contributed by atoms with Gasteiger partial charge in [0, 0.05) is 36.1 Å². The molecule has 1 amide bonds. The Balaban J connectivity index is 1.37. The number of para-hydroxylation sites is 2. The predicted molar refractivity (Wildman–Crippen MR) is 143 cm³/mol. The van der Waals surface area contributed by atoms with Crippen LogP contribution in [0.2, 0.25) is 5.02 Å². The van der Waals surface area contributed by atoms with Gasteiger partial charge < -0.3 is 9.47 Å². The number of fused-ring (bicyclic) bond motifs is 1. The Morgan fingerprint density at radius 3 is 2.35 bits per heavy atom. The molecule has 182 valence electrons. The average Bonchev–Trinajstić information content (AvgIpc) is 3.41. The highest BCUT2D eigenvalue weighted by Gasteiger charge is 2.34. The molecular formula is C29H38ClN3O. The van der Waals surface area contributed by atoms with Gasteiger partial charge in [-0.25, -0.2) is 4.98 Å². The fourth-order valence-electron chi connectivity index (χ4n) is 5.17. The van der Waals surface area contributed by atoms with E-state index < -0.39 is 0 Å². The minimum atomic E-state index is 0.0991. The Morgan fingerprint density at radius 2 is 1.62 bits per heavy atom. The summed E-state index contributed by atoms with van der Waals surface area (Å²) in [5.74, 6) is 1.29. The number of nitrogens with zero attached hydrogens (tertiary/aromatic N) is 3. The van der Waals surface area contributed by atoms with E-state index in [1.165, 1.54) is 63.3 Å². The molecular weight excluding hydrogens is 442 g/mol. The number of halogens is 1. The molecule has 0 spiro atoms. The number of anilines is 1. The maximum atomic E-state index is 12.9. The number of hydrogen-bond acceptors (Lipinski definition) is 2. The molecule has 1 unspecified atom stereocenters. The maximum absolute atomic E-state index is 12.9. The van der Waals surface area contributed by atoms with Crippen LogP contribution in [0.5, 0.6) is 0 Å². The van der Waals surface area contributed by atoms with Gasteiger partial charge in [-0.1, -0.05) is 94.5 Å². The zero-order chi connectivity index (χ0) is 23.8. The Hall–Kier alpha value is -2.33. The smallest absolute Gasteiger partial charge is 0.227 e. The van der Waals surface area contributed by atoms with Crippen molar-refractivity contribution >= 4 is 34.2 Å². The molecule has 0 bridgehead atoms. The molecule has 1 fully saturated rings. The van der Waals surface area contributed by atoms with Crippen molar-refractivity contribution in [3.05, 3.63) is 59.4 Å². The normalized spacial score (nSPS) is 16.1. The Kier molecular flexibility index (Phi) is 9.04. The summed E-state index contributed by atoms with van der Waals surface area (Å²) in [7, 11) is 0. The summed E-state index contributed by atoms with van der Waals surface area (Å²) in [5, 5.41) is 0.655. The molecule has 5 heteroatoms. The lowest BCUT2D eigenvalue weighted by Crippen LogP contribution is -2.24. The van der Waals surface area contributed by atoms with Gasteiger partial charge in [0.15, 0.2) is 0 Å². The van der Waals surface area contributed by atoms with Gasteiger partial charge in [-0.15, -0.1) is 0 Å². The first kappa shape index (κ1) is 24.8. The topological polar surface area (TPSA) is 38.1 Å². The fraction of sp³-hybridized carbons (Fsp3) is 0.517. The molecule has 0 saturated carbocycles. The van der Waals surface area contributed by atoms with E-state index in [0.717, 1.165) is 30.0 Å². The lowest BCUT2D eigenvalue weighted by atomic mass is 10.1. The number of hydrogen-bond donors (Lipinski definition) is 0. The number of carbonyl (C=O) groups excluding carboxylic acids is 1. The molecule has 2 heterocycles. The van der Waals surface area contributed by atoms with Gasteiger partial charge in [0.25, 0.3) is 0 Å². The largest absolute Gasteiger partial charge is 0.328 e. The summed E-state index contributed by atoms with van der Waals surface area (Å²) in [5.41, 5.74) is 3.08. The minimum Gasteiger partial charge on any atom is -0.328 e. The number of carbonyl (C=O) groups is 1. The fourth-order valence-corrected chi connectivity index (χ4v) is 5.36. The van der Waals surface area contributed by atoms with Crippen molar-refractivity contribution in [1.29, 1.82) is 0 Å². The van der Waals surface area contributed by atoms with Crippen molar-refractivity contribution in [2.75, 3.05) is 11.4 Å². The van der Waals surface area contributed by atoms with Crippen molar-refractivity contribution < 1.29 is 4.79 Å². The molecule has 1 atom stereocenters. The molecule has 1 aliphatic heterocycles. The summed E-state index contributed by atoms with van der Waals surface area (Å²) in [6, 6.07) is 15.9. The first-order valence-electron chi connectivity index (χ1n) is 13.2. The van der Waals surface area contributed by atoms with E-state index in [1.54, 1.807) is 0 Å². The minimum absolute atomic E-state index is 0.0991. The molecule has 3 aromatic rings. The summed E-state index contributed by atoms with van der Waals surface area (Å²) < 4.78 is 2.37. The number of benzene rings is 2. The van der Waals surface area contributed by atoms with Crippen LogP contribution in [0.1, 0.15) is 89.3 Å². The van der Waals surface area contributed by atoms with Gasteiger partial charge in [-0.05, 0) is 36.8 Å². The number of rotatable bonds is 13. The zero-order valence-corrected chi connectivity index (χ0v) is 21.3. The van der Waals surface area contributed by atoms with Crippen molar-refractivity contribution in [3.63, 3.8) is 0 Å². The van der Waals surface area contributed by atoms with Gasteiger partial charge in [0.1, 0.15) is 5.82 Å². The zero-order valence-electron chi connectivity index (χ0n) is 20.5. The molecule has 1 aliphatic rings. The Bertz CT molecular complexity index is 1080. The summed E-state index contributed by atoms with van der Waals surface area (Å²) in [6.07, 6.45) is 13.8. The van der Waals surface area contributed by atoms with Crippen LogP contribution in [0.15, 0.2) is 48.5 Å². The van der Waals surface area contributed by atoms with Gasteiger partial charge in [0.05, 0.1) is 11.0 Å². The molecule has 34 heavy (non-hydrogen) atoms. The average molecular weight is 480 g/mol. The SMILES string of the molecule is CCCCCCCCCCCCn1c(C2CC(=O)N(c3cccc(Cl)c3)C2)nc2ccccc21. The van der Waals surface area contributed by atoms with E-state index >= 15 is 0 Å². The number of aryl methyl sites for hydroxylation is 1. The standard InChI is InChI=1S/C29H38ClN3O/c1-2-3-4-5-6-7-8-9-10-13-19-32-27-18-12-11-17-26(27)31-29(32)23-20-28(34)33(22-23)25-16-14-15-24(30)21-25/h11-12,14-18,21,23H,2-10,13,19-20,22H2,1H3. The number of imidazole rings is 1. The van der Waals surface area contributed by atoms with E-state index in [0.29, 0.717) is 18.0 Å². The molecule has 0 aliphatic carbocycles. The molecule has 0 radical (unpaired) electrons. The van der Waals surface area contributed by atoms with Gasteiger partial charge >= 0.3 is 0 Å². The summed E-state index contributed by atoms with van der Waals surface area (Å²) in [4.78, 5) is 19.7. The highest BCUT2D eigenvalue weighted by Crippen LogP contribution is 2.34. The molecule has 0 N–H and O–H groups in total. The first-order valence-corrected chi connectivity index (χ1v) is 13.6. The second kappa shape index (κ2) is 12.4. The van der Waals surface area contributed by atoms with E-state index in [2.05, 4.69) is 29.7 Å². The van der Waals surface area contributed by atoms with E-state index in [-0.39, 0.29) is 11.8 Å². The van der Waals surface area contributed by atoms with Crippen LogP contribution in [0.25, 0.3) is 11.0 Å². The third-order valence-corrected chi connectivity index (χ3v) is 7.26.